The molecule has 18 heavy (non-hydrogen) atoms. The minimum absolute atomic E-state index is 0. The van der Waals surface area contributed by atoms with E-state index in [4.69, 9.17) is 10.2 Å². The molecule has 0 aliphatic heterocycles. The molecule has 0 saturated carbocycles. The van der Waals surface area contributed by atoms with Gasteiger partial charge in [0.25, 0.3) is 0 Å². The first-order valence-electron chi connectivity index (χ1n) is 4.79. The molecular weight excluding hydrogens is 282 g/mol. The Kier molecular flexibility index (Phi) is 9.51. The Balaban J connectivity index is 0.00000144. The number of aromatic hydroxyl groups is 2. The minimum atomic E-state index is -0.139. The van der Waals surface area contributed by atoms with Crippen molar-refractivity contribution in [2.75, 3.05) is 0 Å². The largest absolute Gasteiger partial charge is 0.508 e. The molecule has 0 saturated heterocycles. The summed E-state index contributed by atoms with van der Waals surface area (Å²) in [6.07, 6.45) is 0. The van der Waals surface area contributed by atoms with Crippen LogP contribution in [0.4, 0.5) is 0 Å². The van der Waals surface area contributed by atoms with Crippen LogP contribution >= 0.6 is 0 Å². The van der Waals surface area contributed by atoms with Crippen LogP contribution in [0, 0.1) is 0 Å². The molecule has 82 valence electrons. The van der Waals surface area contributed by atoms with Crippen molar-refractivity contribution in [3.63, 3.8) is 0 Å². The number of hydrogen-bond acceptors (Lipinski definition) is 3. The van der Waals surface area contributed by atoms with Crippen molar-refractivity contribution in [1.29, 1.82) is 0 Å². The molecule has 2 aromatic rings. The van der Waals surface area contributed by atoms with Crippen LogP contribution in [0.5, 0.6) is 11.5 Å². The van der Waals surface area contributed by atoms with Crippen molar-refractivity contribution in [2.24, 2.45) is 0 Å². The summed E-state index contributed by atoms with van der Waals surface area (Å²) < 4.78 is 0. The first-order chi connectivity index (χ1) is 7.66. The summed E-state index contributed by atoms with van der Waals surface area (Å²) in [5.41, 5.74) is 1.01. The second kappa shape index (κ2) is 9.02. The number of rotatable bonds is 2. The summed E-state index contributed by atoms with van der Waals surface area (Å²) in [5.74, 6) is 0.115. The topological polar surface area (TPSA) is 57.5 Å². The normalized spacial score (nSPS) is 8.89. The van der Waals surface area contributed by atoms with Crippen molar-refractivity contribution in [3.05, 3.63) is 59.7 Å². The van der Waals surface area contributed by atoms with Crippen LogP contribution in [0.1, 0.15) is 15.9 Å². The van der Waals surface area contributed by atoms with Crippen LogP contribution in [0.15, 0.2) is 48.5 Å². The van der Waals surface area contributed by atoms with E-state index in [2.05, 4.69) is 0 Å². The molecule has 0 spiro atoms. The predicted molar refractivity (Wildman–Crippen MR) is 71.2 cm³/mol. The van der Waals surface area contributed by atoms with Crippen LogP contribution in [0.3, 0.4) is 0 Å². The summed E-state index contributed by atoms with van der Waals surface area (Å²) in [7, 11) is 0. The van der Waals surface area contributed by atoms with E-state index in [1.165, 1.54) is 24.3 Å². The first kappa shape index (κ1) is 19.0. The van der Waals surface area contributed by atoms with Gasteiger partial charge in [-0.2, -0.15) is 0 Å². The molecule has 0 atom stereocenters. The average Bonchev–Trinajstić information content (AvgIpc) is 2.30. The van der Waals surface area contributed by atoms with Gasteiger partial charge in [-0.05, 0) is 48.5 Å². The quantitative estimate of drug-likeness (QED) is 0.652. The van der Waals surface area contributed by atoms with Crippen molar-refractivity contribution in [1.82, 2.24) is 0 Å². The van der Waals surface area contributed by atoms with Crippen LogP contribution < -0.4 is 0 Å². The van der Waals surface area contributed by atoms with E-state index in [0.29, 0.717) is 11.1 Å². The van der Waals surface area contributed by atoms with E-state index in [-0.39, 0.29) is 120 Å². The summed E-state index contributed by atoms with van der Waals surface area (Å²) in [6.45, 7) is 0. The molecule has 0 fully saturated rings. The molecule has 2 aromatic carbocycles. The molecular formula is C13H10K2O3. The molecule has 2 rings (SSSR count). The molecule has 2 radical (unpaired) electrons. The smallest absolute Gasteiger partial charge is 0.193 e. The number of carbonyl (C=O) groups is 1. The van der Waals surface area contributed by atoms with Gasteiger partial charge in [0.1, 0.15) is 11.5 Å². The number of ketones is 1. The van der Waals surface area contributed by atoms with Gasteiger partial charge < -0.3 is 10.2 Å². The third kappa shape index (κ3) is 5.16. The third-order valence-corrected chi connectivity index (χ3v) is 2.26. The maximum atomic E-state index is 11.9. The average molecular weight is 292 g/mol. The monoisotopic (exact) mass is 292 g/mol. The van der Waals surface area contributed by atoms with E-state index in [9.17, 15) is 4.79 Å². The van der Waals surface area contributed by atoms with Gasteiger partial charge >= 0.3 is 0 Å². The predicted octanol–water partition coefficient (Wildman–Crippen LogP) is 1.57. The van der Waals surface area contributed by atoms with Crippen LogP contribution in [-0.4, -0.2) is 119 Å². The molecule has 5 heteroatoms. The van der Waals surface area contributed by atoms with E-state index < -0.39 is 0 Å². The molecule has 0 unspecified atom stereocenters. The fourth-order valence-electron chi connectivity index (χ4n) is 1.39. The Labute approximate surface area is 190 Å². The van der Waals surface area contributed by atoms with Crippen molar-refractivity contribution in [2.45, 2.75) is 0 Å². The second-order valence-corrected chi connectivity index (χ2v) is 3.42. The third-order valence-electron chi connectivity index (χ3n) is 2.26. The van der Waals surface area contributed by atoms with E-state index in [1.54, 1.807) is 24.3 Å². The Bertz CT molecular complexity index is 459. The van der Waals surface area contributed by atoms with Gasteiger partial charge in [0.15, 0.2) is 5.78 Å². The Morgan fingerprint density at radius 3 is 1.22 bits per heavy atom. The number of phenols is 2. The van der Waals surface area contributed by atoms with E-state index >= 15 is 0 Å². The van der Waals surface area contributed by atoms with Crippen molar-refractivity contribution >= 4 is 109 Å². The summed E-state index contributed by atoms with van der Waals surface area (Å²) in [4.78, 5) is 11.9. The maximum absolute atomic E-state index is 11.9. The fourth-order valence-corrected chi connectivity index (χ4v) is 1.39. The van der Waals surface area contributed by atoms with E-state index in [0.717, 1.165) is 0 Å². The maximum Gasteiger partial charge on any atom is 0.193 e. The summed E-state index contributed by atoms with van der Waals surface area (Å²) in [5, 5.41) is 18.2. The number of carbonyl (C=O) groups excluding carboxylic acids is 1. The summed E-state index contributed by atoms with van der Waals surface area (Å²) in [6, 6.07) is 12.1. The standard InChI is InChI=1S/C13H10O3.2K/c14-11-5-1-9(2-6-11)13(16)10-3-7-12(15)8-4-10;;/h1-8,14-15H;;. The molecule has 0 aliphatic rings. The molecule has 0 amide bonds. The van der Waals surface area contributed by atoms with Gasteiger partial charge in [-0.25, -0.2) is 0 Å². The zero-order valence-electron chi connectivity index (χ0n) is 10.4. The Morgan fingerprint density at radius 2 is 0.944 bits per heavy atom. The molecule has 2 N–H and O–H groups in total. The second-order valence-electron chi connectivity index (χ2n) is 3.42. The molecule has 0 bridgehead atoms. The summed E-state index contributed by atoms with van der Waals surface area (Å²) >= 11 is 0. The SMILES string of the molecule is O=C(c1ccc(O)cc1)c1ccc(O)cc1.[K].[K]. The van der Waals surface area contributed by atoms with Crippen molar-refractivity contribution in [3.8, 4) is 11.5 Å². The Hall–Kier alpha value is 0.983. The van der Waals surface area contributed by atoms with E-state index in [1.807, 2.05) is 0 Å². The van der Waals surface area contributed by atoms with Crippen LogP contribution in [0.2, 0.25) is 0 Å². The van der Waals surface area contributed by atoms with Gasteiger partial charge in [-0.15, -0.1) is 0 Å². The van der Waals surface area contributed by atoms with Gasteiger partial charge in [0.05, 0.1) is 0 Å². The fraction of sp³-hybridized carbons (Fsp3) is 0. The Morgan fingerprint density at radius 1 is 0.667 bits per heavy atom. The van der Waals surface area contributed by atoms with Crippen LogP contribution in [-0.2, 0) is 0 Å². The van der Waals surface area contributed by atoms with Gasteiger partial charge in [0, 0.05) is 114 Å². The van der Waals surface area contributed by atoms with Gasteiger partial charge in [0.2, 0.25) is 0 Å². The molecule has 0 heterocycles. The minimum Gasteiger partial charge on any atom is -0.508 e. The van der Waals surface area contributed by atoms with Crippen molar-refractivity contribution < 1.29 is 15.0 Å². The van der Waals surface area contributed by atoms with Crippen LogP contribution in [0.25, 0.3) is 0 Å². The first-order valence-corrected chi connectivity index (χ1v) is 4.79. The molecule has 0 aromatic heterocycles. The molecule has 0 aliphatic carbocycles. The zero-order chi connectivity index (χ0) is 11.5. The molecule has 3 nitrogen and oxygen atoms in total. The zero-order valence-corrected chi connectivity index (χ0v) is 16.7. The van der Waals surface area contributed by atoms with Gasteiger partial charge in [-0.1, -0.05) is 0 Å². The number of hydrogen-bond donors (Lipinski definition) is 2. The number of phenolic OH excluding ortho intramolecular Hbond substituents is 2. The van der Waals surface area contributed by atoms with Gasteiger partial charge in [-0.3, -0.25) is 4.79 Å². The number of benzene rings is 2.